The van der Waals surface area contributed by atoms with Gasteiger partial charge in [0.2, 0.25) is 0 Å². The highest BCUT2D eigenvalue weighted by atomic mass is 16.3. The van der Waals surface area contributed by atoms with Crippen LogP contribution in [0.3, 0.4) is 0 Å². The van der Waals surface area contributed by atoms with Crippen LogP contribution in [0.4, 0.5) is 0 Å². The van der Waals surface area contributed by atoms with E-state index in [0.717, 1.165) is 19.3 Å². The zero-order valence-electron chi connectivity index (χ0n) is 8.25. The predicted octanol–water partition coefficient (Wildman–Crippen LogP) is 1.55. The van der Waals surface area contributed by atoms with Gasteiger partial charge < -0.3 is 10.2 Å². The van der Waals surface area contributed by atoms with Crippen LogP contribution in [0.5, 0.6) is 0 Å². The summed E-state index contributed by atoms with van der Waals surface area (Å²) < 4.78 is 0. The second-order valence-electron chi connectivity index (χ2n) is 4.75. The molecule has 1 unspecified atom stereocenters. The van der Waals surface area contributed by atoms with Gasteiger partial charge >= 0.3 is 0 Å². The van der Waals surface area contributed by atoms with Gasteiger partial charge in [-0.25, -0.2) is 0 Å². The highest BCUT2D eigenvalue weighted by molar-refractivity contribution is 4.87. The Balaban J connectivity index is 2.57. The van der Waals surface area contributed by atoms with Crippen LogP contribution in [0.15, 0.2) is 0 Å². The van der Waals surface area contributed by atoms with Crippen LogP contribution in [0.25, 0.3) is 0 Å². The molecule has 1 aliphatic carbocycles. The highest BCUT2D eigenvalue weighted by Crippen LogP contribution is 2.35. The van der Waals surface area contributed by atoms with Crippen molar-refractivity contribution in [2.24, 2.45) is 11.8 Å². The third-order valence-corrected chi connectivity index (χ3v) is 2.99. The van der Waals surface area contributed by atoms with Gasteiger partial charge in [-0.15, -0.1) is 0 Å². The summed E-state index contributed by atoms with van der Waals surface area (Å²) in [7, 11) is 0. The topological polar surface area (TPSA) is 40.5 Å². The zero-order chi connectivity index (χ0) is 9.35. The first kappa shape index (κ1) is 10.0. The Kier molecular flexibility index (Phi) is 2.79. The average Bonchev–Trinajstić information content (AvgIpc) is 1.83. The summed E-state index contributed by atoms with van der Waals surface area (Å²) in [6.45, 7) is 5.73. The second-order valence-corrected chi connectivity index (χ2v) is 4.75. The van der Waals surface area contributed by atoms with Gasteiger partial charge in [0.1, 0.15) is 0 Å². The molecule has 1 aliphatic rings. The van der Waals surface area contributed by atoms with Crippen molar-refractivity contribution in [2.45, 2.75) is 51.7 Å². The highest BCUT2D eigenvalue weighted by Gasteiger charge is 2.36. The summed E-state index contributed by atoms with van der Waals surface area (Å²) in [6, 6.07) is 0. The van der Waals surface area contributed by atoms with Crippen LogP contribution in [-0.4, -0.2) is 21.9 Å². The Morgan fingerprint density at radius 2 is 1.83 bits per heavy atom. The molecule has 1 saturated carbocycles. The molecule has 0 aromatic rings. The normalized spacial score (nSPS) is 38.2. The molecule has 2 N–H and O–H groups in total. The minimum absolute atomic E-state index is 0.0636. The summed E-state index contributed by atoms with van der Waals surface area (Å²) >= 11 is 0. The van der Waals surface area contributed by atoms with Gasteiger partial charge in [0.15, 0.2) is 0 Å². The predicted molar refractivity (Wildman–Crippen MR) is 48.8 cm³/mol. The van der Waals surface area contributed by atoms with E-state index in [4.69, 9.17) is 0 Å². The largest absolute Gasteiger partial charge is 0.393 e. The number of aliphatic hydroxyl groups excluding tert-OH is 1. The molecule has 72 valence electrons. The molecule has 0 aromatic heterocycles. The van der Waals surface area contributed by atoms with Crippen molar-refractivity contribution in [1.29, 1.82) is 0 Å². The van der Waals surface area contributed by atoms with Crippen LogP contribution < -0.4 is 0 Å². The number of hydrogen-bond donors (Lipinski definition) is 2. The minimum Gasteiger partial charge on any atom is -0.393 e. The maximum atomic E-state index is 9.74. The summed E-state index contributed by atoms with van der Waals surface area (Å²) in [5, 5.41) is 19.5. The molecule has 3 atom stereocenters. The molecule has 2 nitrogen and oxygen atoms in total. The lowest BCUT2D eigenvalue weighted by atomic mass is 9.73. The number of rotatable bonds is 1. The molecule has 12 heavy (non-hydrogen) atoms. The van der Waals surface area contributed by atoms with Crippen LogP contribution >= 0.6 is 0 Å². The lowest BCUT2D eigenvalue weighted by Crippen LogP contribution is -2.42. The monoisotopic (exact) mass is 172 g/mol. The van der Waals surface area contributed by atoms with E-state index in [9.17, 15) is 10.2 Å². The molecular weight excluding hydrogens is 152 g/mol. The fraction of sp³-hybridized carbons (Fsp3) is 1.00. The van der Waals surface area contributed by atoms with Crippen LogP contribution in [0.2, 0.25) is 0 Å². The van der Waals surface area contributed by atoms with Gasteiger partial charge in [0.05, 0.1) is 11.7 Å². The molecular formula is C10H20O2. The lowest BCUT2D eigenvalue weighted by Gasteiger charge is -2.38. The van der Waals surface area contributed by atoms with E-state index >= 15 is 0 Å². The Morgan fingerprint density at radius 1 is 1.25 bits per heavy atom. The van der Waals surface area contributed by atoms with E-state index in [0.29, 0.717) is 5.92 Å². The van der Waals surface area contributed by atoms with Gasteiger partial charge in [-0.05, 0) is 32.6 Å². The van der Waals surface area contributed by atoms with E-state index in [1.54, 1.807) is 13.8 Å². The molecule has 2 heteroatoms. The van der Waals surface area contributed by atoms with Crippen LogP contribution in [-0.2, 0) is 0 Å². The standard InChI is InChI=1S/C10H20O2/c1-7-4-5-8(9(11)6-7)10(2,3)12/h7-9,11-12H,4-6H2,1-3H3/t7-,8+,9?/m1/s1. The zero-order valence-corrected chi connectivity index (χ0v) is 8.25. The third kappa shape index (κ3) is 2.20. The van der Waals surface area contributed by atoms with E-state index in [2.05, 4.69) is 6.92 Å². The van der Waals surface area contributed by atoms with Crippen molar-refractivity contribution in [3.8, 4) is 0 Å². The SMILES string of the molecule is C[C@@H]1CC[C@H](C(C)(C)O)C(O)C1. The summed E-state index contributed by atoms with van der Waals surface area (Å²) in [5.41, 5.74) is -0.723. The van der Waals surface area contributed by atoms with Crippen molar-refractivity contribution >= 4 is 0 Å². The fourth-order valence-corrected chi connectivity index (χ4v) is 2.17. The van der Waals surface area contributed by atoms with Crippen molar-refractivity contribution in [3.63, 3.8) is 0 Å². The fourth-order valence-electron chi connectivity index (χ4n) is 2.17. The molecule has 0 saturated heterocycles. The molecule has 0 bridgehead atoms. The first-order chi connectivity index (χ1) is 5.41. The van der Waals surface area contributed by atoms with Crippen molar-refractivity contribution in [1.82, 2.24) is 0 Å². The third-order valence-electron chi connectivity index (χ3n) is 2.99. The molecule has 0 spiro atoms. The molecule has 0 aliphatic heterocycles. The maximum Gasteiger partial charge on any atom is 0.0644 e. The first-order valence-electron chi connectivity index (χ1n) is 4.81. The number of hydrogen-bond acceptors (Lipinski definition) is 2. The smallest absolute Gasteiger partial charge is 0.0644 e. The second kappa shape index (κ2) is 3.35. The quantitative estimate of drug-likeness (QED) is 0.630. The minimum atomic E-state index is -0.723. The van der Waals surface area contributed by atoms with Crippen LogP contribution in [0.1, 0.15) is 40.0 Å². The molecule has 1 rings (SSSR count). The Hall–Kier alpha value is -0.0800. The van der Waals surface area contributed by atoms with Crippen molar-refractivity contribution in [2.75, 3.05) is 0 Å². The Morgan fingerprint density at radius 3 is 2.25 bits per heavy atom. The summed E-state index contributed by atoms with van der Waals surface area (Å²) in [5.74, 6) is 0.673. The first-order valence-corrected chi connectivity index (χ1v) is 4.81. The van der Waals surface area contributed by atoms with Gasteiger partial charge in [-0.2, -0.15) is 0 Å². The Labute approximate surface area is 74.6 Å². The van der Waals surface area contributed by atoms with Crippen molar-refractivity contribution < 1.29 is 10.2 Å². The van der Waals surface area contributed by atoms with E-state index < -0.39 is 5.60 Å². The summed E-state index contributed by atoms with van der Waals surface area (Å²) in [6.07, 6.45) is 2.61. The number of aliphatic hydroxyl groups is 2. The molecule has 1 fully saturated rings. The van der Waals surface area contributed by atoms with Gasteiger partial charge in [-0.3, -0.25) is 0 Å². The maximum absolute atomic E-state index is 9.74. The van der Waals surface area contributed by atoms with E-state index in [-0.39, 0.29) is 12.0 Å². The van der Waals surface area contributed by atoms with Gasteiger partial charge in [0, 0.05) is 5.92 Å². The van der Waals surface area contributed by atoms with Gasteiger partial charge in [-0.1, -0.05) is 13.3 Å². The van der Waals surface area contributed by atoms with Gasteiger partial charge in [0.25, 0.3) is 0 Å². The molecule has 0 heterocycles. The van der Waals surface area contributed by atoms with Crippen molar-refractivity contribution in [3.05, 3.63) is 0 Å². The average molecular weight is 172 g/mol. The summed E-state index contributed by atoms with van der Waals surface area (Å²) in [4.78, 5) is 0. The molecule has 0 radical (unpaired) electrons. The molecule has 0 amide bonds. The van der Waals surface area contributed by atoms with Crippen LogP contribution in [0, 0.1) is 11.8 Å². The Bertz CT molecular complexity index is 148. The van der Waals surface area contributed by atoms with E-state index in [1.807, 2.05) is 0 Å². The molecule has 0 aromatic carbocycles. The lowest BCUT2D eigenvalue weighted by molar-refractivity contribution is -0.0730. The van der Waals surface area contributed by atoms with E-state index in [1.165, 1.54) is 0 Å².